The highest BCUT2D eigenvalue weighted by Crippen LogP contribution is 2.35. The predicted octanol–water partition coefficient (Wildman–Crippen LogP) is 3.68. The zero-order chi connectivity index (χ0) is 22.0. The number of halogens is 1. The SMILES string of the molecule is NC(=O)c1c(-c2ccc(F)cc2)cc(-c2cccs2)n1Cc1ccc(C(=O)NO)nc1. The van der Waals surface area contributed by atoms with Gasteiger partial charge in [-0.1, -0.05) is 24.3 Å². The zero-order valence-corrected chi connectivity index (χ0v) is 16.9. The number of carbonyl (C=O) groups is 2. The number of rotatable bonds is 6. The van der Waals surface area contributed by atoms with E-state index in [0.29, 0.717) is 11.1 Å². The number of aromatic nitrogens is 2. The van der Waals surface area contributed by atoms with E-state index in [0.717, 1.165) is 16.1 Å². The summed E-state index contributed by atoms with van der Waals surface area (Å²) in [5.41, 5.74) is 10.4. The van der Waals surface area contributed by atoms with Gasteiger partial charge in [0, 0.05) is 18.3 Å². The largest absolute Gasteiger partial charge is 0.364 e. The summed E-state index contributed by atoms with van der Waals surface area (Å²) < 4.78 is 15.2. The lowest BCUT2D eigenvalue weighted by Crippen LogP contribution is -2.20. The van der Waals surface area contributed by atoms with E-state index >= 15 is 0 Å². The third-order valence-corrected chi connectivity index (χ3v) is 5.65. The van der Waals surface area contributed by atoms with Crippen LogP contribution >= 0.6 is 11.3 Å². The molecule has 0 radical (unpaired) electrons. The average Bonchev–Trinajstić information content (AvgIpc) is 3.42. The number of benzene rings is 1. The molecule has 4 N–H and O–H groups in total. The highest BCUT2D eigenvalue weighted by Gasteiger charge is 2.22. The summed E-state index contributed by atoms with van der Waals surface area (Å²) >= 11 is 1.51. The van der Waals surface area contributed by atoms with Crippen LogP contribution < -0.4 is 11.2 Å². The van der Waals surface area contributed by atoms with Crippen LogP contribution in [0.3, 0.4) is 0 Å². The lowest BCUT2D eigenvalue weighted by molar-refractivity contribution is 0.0700. The third-order valence-electron chi connectivity index (χ3n) is 4.76. The van der Waals surface area contributed by atoms with Gasteiger partial charge in [0.15, 0.2) is 0 Å². The van der Waals surface area contributed by atoms with Gasteiger partial charge in [0.25, 0.3) is 11.8 Å². The quantitative estimate of drug-likeness (QED) is 0.316. The fraction of sp³-hybridized carbons (Fsp3) is 0.0455. The molecule has 2 amide bonds. The van der Waals surface area contributed by atoms with Crippen molar-refractivity contribution in [3.05, 3.63) is 88.9 Å². The fourth-order valence-corrected chi connectivity index (χ4v) is 4.10. The number of thiophene rings is 1. The van der Waals surface area contributed by atoms with E-state index in [9.17, 15) is 14.0 Å². The number of hydrogen-bond acceptors (Lipinski definition) is 5. The molecule has 0 atom stereocenters. The van der Waals surface area contributed by atoms with Crippen molar-refractivity contribution in [1.29, 1.82) is 0 Å². The topological polar surface area (TPSA) is 110 Å². The second-order valence-electron chi connectivity index (χ2n) is 6.72. The Hall–Kier alpha value is -3.82. The number of nitrogens with two attached hydrogens (primary N) is 1. The zero-order valence-electron chi connectivity index (χ0n) is 16.1. The van der Waals surface area contributed by atoms with Crippen LogP contribution in [0.25, 0.3) is 21.7 Å². The Labute approximate surface area is 180 Å². The van der Waals surface area contributed by atoms with Crippen molar-refractivity contribution in [3.63, 3.8) is 0 Å². The van der Waals surface area contributed by atoms with Crippen molar-refractivity contribution >= 4 is 23.2 Å². The summed E-state index contributed by atoms with van der Waals surface area (Å²) in [5, 5.41) is 10.7. The van der Waals surface area contributed by atoms with E-state index in [1.54, 1.807) is 22.8 Å². The Bertz CT molecular complexity index is 1230. The maximum Gasteiger partial charge on any atom is 0.293 e. The first-order valence-corrected chi connectivity index (χ1v) is 10.1. The van der Waals surface area contributed by atoms with Crippen molar-refractivity contribution < 1.29 is 19.2 Å². The lowest BCUT2D eigenvalue weighted by Gasteiger charge is -2.12. The van der Waals surface area contributed by atoms with Crippen molar-refractivity contribution in [2.24, 2.45) is 5.73 Å². The van der Waals surface area contributed by atoms with Crippen molar-refractivity contribution in [2.75, 3.05) is 0 Å². The average molecular weight is 436 g/mol. The molecule has 3 aromatic heterocycles. The molecule has 31 heavy (non-hydrogen) atoms. The highest BCUT2D eigenvalue weighted by atomic mass is 32.1. The summed E-state index contributed by atoms with van der Waals surface area (Å²) in [6.07, 6.45) is 1.49. The second kappa shape index (κ2) is 8.50. The van der Waals surface area contributed by atoms with Crippen molar-refractivity contribution in [2.45, 2.75) is 6.54 Å². The molecule has 0 bridgehead atoms. The number of nitrogens with zero attached hydrogens (tertiary/aromatic N) is 2. The third kappa shape index (κ3) is 4.09. The Balaban J connectivity index is 1.84. The van der Waals surface area contributed by atoms with Gasteiger partial charge in [0.2, 0.25) is 0 Å². The molecule has 9 heteroatoms. The number of primary amides is 1. The minimum Gasteiger partial charge on any atom is -0.364 e. The van der Waals surface area contributed by atoms with Gasteiger partial charge in [0.1, 0.15) is 17.2 Å². The van der Waals surface area contributed by atoms with Crippen LogP contribution in [-0.4, -0.2) is 26.6 Å². The highest BCUT2D eigenvalue weighted by molar-refractivity contribution is 7.13. The summed E-state index contributed by atoms with van der Waals surface area (Å²) in [7, 11) is 0. The Morgan fingerprint density at radius 1 is 1.16 bits per heavy atom. The van der Waals surface area contributed by atoms with E-state index < -0.39 is 11.8 Å². The molecule has 4 aromatic rings. The Morgan fingerprint density at radius 3 is 2.52 bits per heavy atom. The molecule has 0 aliphatic heterocycles. The van der Waals surface area contributed by atoms with Crippen molar-refractivity contribution in [1.82, 2.24) is 15.0 Å². The number of hydrogen-bond donors (Lipinski definition) is 3. The summed E-state index contributed by atoms with van der Waals surface area (Å²) in [6, 6.07) is 14.7. The van der Waals surface area contributed by atoms with E-state index in [4.69, 9.17) is 10.9 Å². The molecule has 1 aromatic carbocycles. The smallest absolute Gasteiger partial charge is 0.293 e. The molecule has 4 rings (SSSR count). The molecule has 156 valence electrons. The van der Waals surface area contributed by atoms with Gasteiger partial charge >= 0.3 is 0 Å². The Morgan fingerprint density at radius 2 is 1.94 bits per heavy atom. The summed E-state index contributed by atoms with van der Waals surface area (Å²) in [5.74, 6) is -1.71. The van der Waals surface area contributed by atoms with Crippen LogP contribution in [0.15, 0.2) is 66.2 Å². The molecular weight excluding hydrogens is 419 g/mol. The molecule has 7 nitrogen and oxygen atoms in total. The molecule has 0 aliphatic rings. The first-order valence-electron chi connectivity index (χ1n) is 9.20. The first-order chi connectivity index (χ1) is 15.0. The lowest BCUT2D eigenvalue weighted by atomic mass is 10.1. The van der Waals surface area contributed by atoms with Crippen LogP contribution in [-0.2, 0) is 6.54 Å². The van der Waals surface area contributed by atoms with E-state index in [-0.39, 0.29) is 23.7 Å². The van der Waals surface area contributed by atoms with Crippen LogP contribution in [0.1, 0.15) is 26.5 Å². The number of amides is 2. The minimum atomic E-state index is -0.719. The molecular formula is C22H17FN4O3S. The van der Waals surface area contributed by atoms with E-state index in [1.807, 2.05) is 23.6 Å². The van der Waals surface area contributed by atoms with Crippen LogP contribution in [0.5, 0.6) is 0 Å². The molecule has 0 aliphatic carbocycles. The number of hydroxylamine groups is 1. The van der Waals surface area contributed by atoms with Gasteiger partial charge in [-0.05, 0) is 46.8 Å². The molecule has 0 saturated carbocycles. The van der Waals surface area contributed by atoms with Crippen molar-refractivity contribution in [3.8, 4) is 21.7 Å². The van der Waals surface area contributed by atoms with Crippen LogP contribution in [0.4, 0.5) is 4.39 Å². The van der Waals surface area contributed by atoms with Crippen LogP contribution in [0.2, 0.25) is 0 Å². The second-order valence-corrected chi connectivity index (χ2v) is 7.67. The van der Waals surface area contributed by atoms with Gasteiger partial charge in [-0.3, -0.25) is 19.8 Å². The molecule has 0 saturated heterocycles. The minimum absolute atomic E-state index is 0.0550. The maximum atomic E-state index is 13.4. The van der Waals surface area contributed by atoms with Gasteiger partial charge in [-0.25, -0.2) is 9.87 Å². The van der Waals surface area contributed by atoms with Gasteiger partial charge in [-0.15, -0.1) is 11.3 Å². The van der Waals surface area contributed by atoms with E-state index in [2.05, 4.69) is 4.98 Å². The molecule has 0 spiro atoms. The summed E-state index contributed by atoms with van der Waals surface area (Å²) in [6.45, 7) is 0.265. The van der Waals surface area contributed by atoms with Crippen LogP contribution in [0, 0.1) is 5.82 Å². The number of nitrogens with one attached hydrogen (secondary N) is 1. The molecule has 0 fully saturated rings. The monoisotopic (exact) mass is 436 g/mol. The molecule has 3 heterocycles. The van der Waals surface area contributed by atoms with Gasteiger partial charge in [0.05, 0.1) is 10.6 Å². The number of carbonyl (C=O) groups excluding carboxylic acids is 2. The standard InChI is InChI=1S/C22H17FN4O3S/c23-15-6-4-14(5-7-15)16-10-18(19-2-1-9-31-19)27(20(16)21(24)28)12-13-3-8-17(25-11-13)22(29)26-30/h1-11,30H,12H2,(H2,24,28)(H,26,29). The fourth-order valence-electron chi connectivity index (χ4n) is 3.35. The Kier molecular flexibility index (Phi) is 5.61. The maximum absolute atomic E-state index is 13.4. The summed E-state index contributed by atoms with van der Waals surface area (Å²) in [4.78, 5) is 29.0. The van der Waals surface area contributed by atoms with E-state index in [1.165, 1.54) is 41.2 Å². The normalized spacial score (nSPS) is 10.8. The first kappa shape index (κ1) is 20.5. The number of pyridine rings is 1. The van der Waals surface area contributed by atoms with Gasteiger partial charge < -0.3 is 10.3 Å². The van der Waals surface area contributed by atoms with Gasteiger partial charge in [-0.2, -0.15) is 0 Å². The predicted molar refractivity (Wildman–Crippen MR) is 114 cm³/mol. The molecule has 0 unspecified atom stereocenters.